The van der Waals surface area contributed by atoms with E-state index >= 15 is 0 Å². The van der Waals surface area contributed by atoms with Crippen LogP contribution >= 0.6 is 0 Å². The lowest BCUT2D eigenvalue weighted by atomic mass is 10.2. The Labute approximate surface area is 145 Å². The van der Waals surface area contributed by atoms with Crippen LogP contribution < -0.4 is 15.0 Å². The van der Waals surface area contributed by atoms with Crippen LogP contribution in [0.3, 0.4) is 0 Å². The molecule has 6 heteroatoms. The average molecular weight is 342 g/mol. The van der Waals surface area contributed by atoms with Gasteiger partial charge in [-0.2, -0.15) is 0 Å². The summed E-state index contributed by atoms with van der Waals surface area (Å²) in [5.74, 6) is 0.000848. The van der Waals surface area contributed by atoms with Gasteiger partial charge in [0.1, 0.15) is 11.6 Å². The van der Waals surface area contributed by atoms with Crippen molar-refractivity contribution in [3.63, 3.8) is 0 Å². The minimum atomic E-state index is -0.344. The Balaban J connectivity index is 1.54. The topological polar surface area (TPSA) is 58.6 Å². The van der Waals surface area contributed by atoms with Crippen molar-refractivity contribution in [2.24, 2.45) is 0 Å². The fraction of sp³-hybridized carbons (Fsp3) is 0.263. The third-order valence-electron chi connectivity index (χ3n) is 4.05. The lowest BCUT2D eigenvalue weighted by molar-refractivity contribution is -0.118. The molecule has 130 valence electrons. The van der Waals surface area contributed by atoms with Crippen LogP contribution in [0.25, 0.3) is 0 Å². The number of amides is 2. The lowest BCUT2D eigenvalue weighted by Crippen LogP contribution is -2.23. The van der Waals surface area contributed by atoms with E-state index in [-0.39, 0.29) is 24.2 Å². The fourth-order valence-corrected chi connectivity index (χ4v) is 2.75. The van der Waals surface area contributed by atoms with E-state index < -0.39 is 0 Å². The third-order valence-corrected chi connectivity index (χ3v) is 4.05. The molecule has 0 saturated carbocycles. The van der Waals surface area contributed by atoms with Gasteiger partial charge in [0, 0.05) is 24.3 Å². The van der Waals surface area contributed by atoms with Gasteiger partial charge in [-0.15, -0.1) is 0 Å². The Morgan fingerprint density at radius 2 is 2.00 bits per heavy atom. The first-order valence-electron chi connectivity index (χ1n) is 8.12. The maximum atomic E-state index is 13.1. The maximum Gasteiger partial charge on any atom is 0.262 e. The highest BCUT2D eigenvalue weighted by Crippen LogP contribution is 2.24. The summed E-state index contributed by atoms with van der Waals surface area (Å²) < 4.78 is 18.5. The molecule has 0 unspecified atom stereocenters. The van der Waals surface area contributed by atoms with Gasteiger partial charge in [0.2, 0.25) is 5.91 Å². The predicted octanol–water partition coefficient (Wildman–Crippen LogP) is 3.28. The molecule has 1 saturated heterocycles. The van der Waals surface area contributed by atoms with E-state index in [1.54, 1.807) is 36.1 Å². The first kappa shape index (κ1) is 17.0. The Morgan fingerprint density at radius 1 is 1.24 bits per heavy atom. The van der Waals surface area contributed by atoms with Crippen LogP contribution in [0.5, 0.6) is 5.75 Å². The van der Waals surface area contributed by atoms with Gasteiger partial charge in [-0.25, -0.2) is 4.39 Å². The van der Waals surface area contributed by atoms with E-state index in [0.29, 0.717) is 23.4 Å². The number of benzene rings is 2. The molecule has 1 heterocycles. The summed E-state index contributed by atoms with van der Waals surface area (Å²) in [6.07, 6.45) is 1.46. The number of anilines is 2. The van der Waals surface area contributed by atoms with Gasteiger partial charge < -0.3 is 15.0 Å². The Kier molecular flexibility index (Phi) is 4.97. The highest BCUT2D eigenvalue weighted by atomic mass is 19.1. The van der Waals surface area contributed by atoms with Crippen LogP contribution in [0.15, 0.2) is 42.5 Å². The first-order chi connectivity index (χ1) is 12.0. The number of rotatable bonds is 5. The number of nitrogens with one attached hydrogen (secondary N) is 1. The maximum absolute atomic E-state index is 13.1. The Morgan fingerprint density at radius 3 is 2.64 bits per heavy atom. The summed E-state index contributed by atoms with van der Waals surface area (Å²) in [6.45, 7) is 2.30. The average Bonchev–Trinajstić information content (AvgIpc) is 3.02. The molecule has 5 nitrogen and oxygen atoms in total. The highest BCUT2D eigenvalue weighted by molar-refractivity contribution is 5.95. The molecule has 1 N–H and O–H groups in total. The van der Waals surface area contributed by atoms with Crippen molar-refractivity contribution in [1.82, 2.24) is 0 Å². The number of hydrogen-bond donors (Lipinski definition) is 1. The zero-order valence-electron chi connectivity index (χ0n) is 13.9. The monoisotopic (exact) mass is 342 g/mol. The number of hydrogen-bond acceptors (Lipinski definition) is 3. The SMILES string of the molecule is Cc1cc(F)ccc1NC(=O)COc1ccc(N2CCCC2=O)cc1. The Hall–Kier alpha value is -2.89. The standard InChI is InChI=1S/C19H19FN2O3/c1-13-11-14(20)4-9-17(13)21-18(23)12-25-16-7-5-15(6-8-16)22-10-2-3-19(22)24/h4-9,11H,2-3,10,12H2,1H3,(H,21,23). The van der Waals surface area contributed by atoms with Crippen LogP contribution in [-0.2, 0) is 9.59 Å². The molecule has 2 aromatic rings. The minimum absolute atomic E-state index is 0.128. The van der Waals surface area contributed by atoms with Crippen molar-refractivity contribution in [2.45, 2.75) is 19.8 Å². The van der Waals surface area contributed by atoms with Gasteiger partial charge in [0.15, 0.2) is 6.61 Å². The second-order valence-electron chi connectivity index (χ2n) is 5.94. The molecule has 0 spiro atoms. The molecular formula is C19H19FN2O3. The minimum Gasteiger partial charge on any atom is -0.484 e. The van der Waals surface area contributed by atoms with E-state index in [1.165, 1.54) is 18.2 Å². The molecule has 0 atom stereocenters. The Bertz CT molecular complexity index is 790. The molecule has 25 heavy (non-hydrogen) atoms. The van der Waals surface area contributed by atoms with Crippen molar-refractivity contribution in [3.8, 4) is 5.75 Å². The van der Waals surface area contributed by atoms with Gasteiger partial charge in [-0.1, -0.05) is 0 Å². The van der Waals surface area contributed by atoms with Crippen molar-refractivity contribution in [2.75, 3.05) is 23.4 Å². The first-order valence-corrected chi connectivity index (χ1v) is 8.12. The second-order valence-corrected chi connectivity index (χ2v) is 5.94. The normalized spacial score (nSPS) is 13.8. The van der Waals surface area contributed by atoms with Crippen LogP contribution in [-0.4, -0.2) is 25.0 Å². The highest BCUT2D eigenvalue weighted by Gasteiger charge is 2.21. The predicted molar refractivity (Wildman–Crippen MR) is 93.3 cm³/mol. The molecule has 2 aromatic carbocycles. The van der Waals surface area contributed by atoms with Gasteiger partial charge in [-0.05, 0) is 61.4 Å². The van der Waals surface area contributed by atoms with Crippen LogP contribution in [0.1, 0.15) is 18.4 Å². The van der Waals surface area contributed by atoms with Gasteiger partial charge in [0.25, 0.3) is 5.91 Å². The molecule has 1 aliphatic rings. The summed E-state index contributed by atoms with van der Waals surface area (Å²) in [6, 6.07) is 11.2. The van der Waals surface area contributed by atoms with Crippen molar-refractivity contribution < 1.29 is 18.7 Å². The van der Waals surface area contributed by atoms with Gasteiger partial charge >= 0.3 is 0 Å². The van der Waals surface area contributed by atoms with E-state index in [1.807, 2.05) is 0 Å². The summed E-state index contributed by atoms with van der Waals surface area (Å²) >= 11 is 0. The van der Waals surface area contributed by atoms with Gasteiger partial charge in [-0.3, -0.25) is 9.59 Å². The zero-order valence-corrected chi connectivity index (χ0v) is 13.9. The molecule has 0 aliphatic carbocycles. The van der Waals surface area contributed by atoms with Crippen molar-refractivity contribution in [3.05, 3.63) is 53.8 Å². The number of ether oxygens (including phenoxy) is 1. The molecule has 3 rings (SSSR count). The quantitative estimate of drug-likeness (QED) is 0.907. The van der Waals surface area contributed by atoms with E-state index in [2.05, 4.69) is 5.32 Å². The smallest absolute Gasteiger partial charge is 0.262 e. The summed E-state index contributed by atoms with van der Waals surface area (Å²) in [4.78, 5) is 25.4. The lowest BCUT2D eigenvalue weighted by Gasteiger charge is -2.16. The number of halogens is 1. The zero-order chi connectivity index (χ0) is 17.8. The number of nitrogens with zero attached hydrogens (tertiary/aromatic N) is 1. The molecular weight excluding hydrogens is 323 g/mol. The molecule has 2 amide bonds. The van der Waals surface area contributed by atoms with Crippen LogP contribution in [0.2, 0.25) is 0 Å². The third kappa shape index (κ3) is 4.15. The summed E-state index contributed by atoms with van der Waals surface area (Å²) in [5, 5.41) is 2.69. The molecule has 0 bridgehead atoms. The molecule has 0 radical (unpaired) electrons. The van der Waals surface area contributed by atoms with E-state index in [0.717, 1.165) is 18.7 Å². The number of carbonyl (C=O) groups is 2. The fourth-order valence-electron chi connectivity index (χ4n) is 2.75. The van der Waals surface area contributed by atoms with Gasteiger partial charge in [0.05, 0.1) is 0 Å². The molecule has 0 aromatic heterocycles. The van der Waals surface area contributed by atoms with E-state index in [4.69, 9.17) is 4.74 Å². The number of carbonyl (C=O) groups excluding carboxylic acids is 2. The summed E-state index contributed by atoms with van der Waals surface area (Å²) in [7, 11) is 0. The van der Waals surface area contributed by atoms with Crippen LogP contribution in [0, 0.1) is 12.7 Å². The van der Waals surface area contributed by atoms with Crippen LogP contribution in [0.4, 0.5) is 15.8 Å². The molecule has 1 fully saturated rings. The second kappa shape index (κ2) is 7.34. The summed E-state index contributed by atoms with van der Waals surface area (Å²) in [5.41, 5.74) is 2.03. The largest absolute Gasteiger partial charge is 0.484 e. The number of aryl methyl sites for hydroxylation is 1. The molecule has 1 aliphatic heterocycles. The van der Waals surface area contributed by atoms with E-state index in [9.17, 15) is 14.0 Å². The van der Waals surface area contributed by atoms with Crippen molar-refractivity contribution in [1.29, 1.82) is 0 Å². The van der Waals surface area contributed by atoms with Crippen molar-refractivity contribution >= 4 is 23.2 Å².